The fourth-order valence-electron chi connectivity index (χ4n) is 3.80. The second kappa shape index (κ2) is 11.1. The normalized spacial score (nSPS) is 11.0. The summed E-state index contributed by atoms with van der Waals surface area (Å²) in [5.74, 6) is -0.449. The minimum absolute atomic E-state index is 0.139. The summed E-state index contributed by atoms with van der Waals surface area (Å²) in [7, 11) is 0. The number of hydrogen-bond donors (Lipinski definition) is 2. The molecule has 2 N–H and O–H groups in total. The van der Waals surface area contributed by atoms with Crippen LogP contribution in [-0.4, -0.2) is 21.5 Å². The van der Waals surface area contributed by atoms with E-state index >= 15 is 0 Å². The van der Waals surface area contributed by atoms with Crippen LogP contribution in [0.15, 0.2) is 53.0 Å². The Morgan fingerprint density at radius 2 is 1.65 bits per heavy atom. The molecule has 0 spiro atoms. The van der Waals surface area contributed by atoms with Crippen molar-refractivity contribution in [3.05, 3.63) is 58.6 Å². The molecule has 31 heavy (non-hydrogen) atoms. The Bertz CT molecular complexity index is 1040. The SMILES string of the molecule is CCCCCCCCCC(=O)c1c(O)n(C(=O)Nc2ccccc2)c2ccc(Br)cc12. The number of para-hydroxylation sites is 1. The van der Waals surface area contributed by atoms with Crippen molar-refractivity contribution >= 4 is 44.3 Å². The molecule has 0 saturated heterocycles. The standard InChI is InChI=1S/C25H29BrN2O3/c1-2-3-4-5-6-7-11-14-22(29)23-20-17-18(26)15-16-21(20)28(24(23)30)25(31)27-19-12-9-8-10-13-19/h8-10,12-13,15-17,30H,2-7,11,14H2,1H3,(H,27,31). The summed E-state index contributed by atoms with van der Waals surface area (Å²) in [6.07, 6.45) is 8.15. The van der Waals surface area contributed by atoms with Gasteiger partial charge in [-0.15, -0.1) is 0 Å². The van der Waals surface area contributed by atoms with Gasteiger partial charge in [-0.2, -0.15) is 0 Å². The number of halogens is 1. The summed E-state index contributed by atoms with van der Waals surface area (Å²) < 4.78 is 1.96. The first kappa shape index (κ1) is 23.1. The maximum absolute atomic E-state index is 13.0. The lowest BCUT2D eigenvalue weighted by atomic mass is 10.0. The number of nitrogens with zero attached hydrogens (tertiary/aromatic N) is 1. The first-order chi connectivity index (χ1) is 15.0. The average Bonchev–Trinajstić information content (AvgIpc) is 3.04. The zero-order valence-electron chi connectivity index (χ0n) is 17.9. The van der Waals surface area contributed by atoms with E-state index in [0.29, 0.717) is 23.0 Å². The molecule has 0 aliphatic carbocycles. The van der Waals surface area contributed by atoms with Crippen molar-refractivity contribution in [1.29, 1.82) is 0 Å². The molecule has 1 aromatic heterocycles. The van der Waals surface area contributed by atoms with E-state index in [9.17, 15) is 14.7 Å². The number of aromatic nitrogens is 1. The number of amides is 1. The summed E-state index contributed by atoms with van der Waals surface area (Å²) in [6, 6.07) is 13.8. The third-order valence-electron chi connectivity index (χ3n) is 5.42. The van der Waals surface area contributed by atoms with Crippen LogP contribution >= 0.6 is 15.9 Å². The largest absolute Gasteiger partial charge is 0.494 e. The van der Waals surface area contributed by atoms with Gasteiger partial charge in [0.1, 0.15) is 0 Å². The van der Waals surface area contributed by atoms with E-state index in [1.807, 2.05) is 18.2 Å². The van der Waals surface area contributed by atoms with Crippen LogP contribution in [0.25, 0.3) is 10.9 Å². The Labute approximate surface area is 191 Å². The summed E-state index contributed by atoms with van der Waals surface area (Å²) in [4.78, 5) is 25.9. The number of aromatic hydroxyl groups is 1. The molecule has 0 aliphatic rings. The van der Waals surface area contributed by atoms with Gasteiger partial charge in [-0.25, -0.2) is 9.36 Å². The molecule has 0 atom stereocenters. The number of benzene rings is 2. The van der Waals surface area contributed by atoms with E-state index in [1.54, 1.807) is 30.3 Å². The fourth-order valence-corrected chi connectivity index (χ4v) is 4.16. The Kier molecular flexibility index (Phi) is 8.29. The van der Waals surface area contributed by atoms with Crippen molar-refractivity contribution in [1.82, 2.24) is 4.57 Å². The zero-order valence-corrected chi connectivity index (χ0v) is 19.5. The van der Waals surface area contributed by atoms with Crippen LogP contribution in [0.3, 0.4) is 0 Å². The van der Waals surface area contributed by atoms with Gasteiger partial charge in [0, 0.05) is 22.0 Å². The van der Waals surface area contributed by atoms with E-state index in [-0.39, 0.29) is 17.2 Å². The van der Waals surface area contributed by atoms with Gasteiger partial charge >= 0.3 is 6.03 Å². The minimum atomic E-state index is -0.508. The minimum Gasteiger partial charge on any atom is -0.494 e. The van der Waals surface area contributed by atoms with E-state index in [0.717, 1.165) is 23.7 Å². The van der Waals surface area contributed by atoms with Crippen LogP contribution in [0, 0.1) is 0 Å². The molecule has 1 amide bonds. The van der Waals surface area contributed by atoms with Crippen LogP contribution in [-0.2, 0) is 0 Å². The second-order valence-corrected chi connectivity index (χ2v) is 8.70. The molecule has 0 radical (unpaired) electrons. The molecule has 0 bridgehead atoms. The lowest BCUT2D eigenvalue weighted by Crippen LogP contribution is -2.19. The number of ketones is 1. The van der Waals surface area contributed by atoms with Gasteiger partial charge in [-0.05, 0) is 36.8 Å². The predicted octanol–water partition coefficient (Wildman–Crippen LogP) is 7.51. The van der Waals surface area contributed by atoms with Gasteiger partial charge < -0.3 is 10.4 Å². The molecule has 0 aliphatic heterocycles. The van der Waals surface area contributed by atoms with Gasteiger partial charge in [0.15, 0.2) is 5.78 Å². The molecular formula is C25H29BrN2O3. The number of rotatable bonds is 10. The third-order valence-corrected chi connectivity index (χ3v) is 5.91. The van der Waals surface area contributed by atoms with Crippen molar-refractivity contribution in [2.45, 2.75) is 58.3 Å². The quantitative estimate of drug-likeness (QED) is 0.231. The van der Waals surface area contributed by atoms with E-state index in [2.05, 4.69) is 28.2 Å². The molecule has 164 valence electrons. The molecule has 0 fully saturated rings. The molecule has 0 saturated carbocycles. The smallest absolute Gasteiger partial charge is 0.333 e. The highest BCUT2D eigenvalue weighted by atomic mass is 79.9. The molecule has 3 aromatic rings. The molecule has 3 rings (SSSR count). The number of anilines is 1. The van der Waals surface area contributed by atoms with E-state index < -0.39 is 6.03 Å². The van der Waals surface area contributed by atoms with Gasteiger partial charge in [0.2, 0.25) is 5.88 Å². The van der Waals surface area contributed by atoms with Crippen LogP contribution in [0.5, 0.6) is 5.88 Å². The highest BCUT2D eigenvalue weighted by Gasteiger charge is 2.25. The number of fused-ring (bicyclic) bond motifs is 1. The second-order valence-electron chi connectivity index (χ2n) is 7.79. The summed E-state index contributed by atoms with van der Waals surface area (Å²) in [6.45, 7) is 2.19. The van der Waals surface area contributed by atoms with Crippen molar-refractivity contribution in [2.24, 2.45) is 0 Å². The first-order valence-electron chi connectivity index (χ1n) is 11.0. The third kappa shape index (κ3) is 5.76. The number of hydrogen-bond acceptors (Lipinski definition) is 3. The van der Waals surface area contributed by atoms with E-state index in [4.69, 9.17) is 0 Å². The Balaban J connectivity index is 1.79. The van der Waals surface area contributed by atoms with Crippen LogP contribution < -0.4 is 5.32 Å². The van der Waals surface area contributed by atoms with Crippen LogP contribution in [0.2, 0.25) is 0 Å². The summed E-state index contributed by atoms with van der Waals surface area (Å²) >= 11 is 3.43. The maximum atomic E-state index is 13.0. The van der Waals surface area contributed by atoms with Gasteiger partial charge in [0.25, 0.3) is 0 Å². The number of Topliss-reactive ketones (excluding diaryl/α,β-unsaturated/α-hetero) is 1. The fraction of sp³-hybridized carbons (Fsp3) is 0.360. The summed E-state index contributed by atoms with van der Waals surface area (Å²) in [5, 5.41) is 14.2. The average molecular weight is 485 g/mol. The topological polar surface area (TPSA) is 71.3 Å². The number of carbonyl (C=O) groups is 2. The van der Waals surface area contributed by atoms with E-state index in [1.165, 1.54) is 30.3 Å². The van der Waals surface area contributed by atoms with Gasteiger partial charge in [0.05, 0.1) is 11.1 Å². The van der Waals surface area contributed by atoms with Crippen LogP contribution in [0.1, 0.15) is 68.6 Å². The maximum Gasteiger partial charge on any atom is 0.333 e. The van der Waals surface area contributed by atoms with Crippen molar-refractivity contribution in [3.63, 3.8) is 0 Å². The Morgan fingerprint density at radius 1 is 0.968 bits per heavy atom. The van der Waals surface area contributed by atoms with Crippen molar-refractivity contribution in [2.75, 3.05) is 5.32 Å². The number of unbranched alkanes of at least 4 members (excludes halogenated alkanes) is 6. The van der Waals surface area contributed by atoms with Crippen LogP contribution in [0.4, 0.5) is 10.5 Å². The lowest BCUT2D eigenvalue weighted by molar-refractivity contribution is 0.0978. The molecule has 0 unspecified atom stereocenters. The molecule has 6 heteroatoms. The molecule has 2 aromatic carbocycles. The predicted molar refractivity (Wildman–Crippen MR) is 129 cm³/mol. The first-order valence-corrected chi connectivity index (χ1v) is 11.7. The monoisotopic (exact) mass is 484 g/mol. The highest BCUT2D eigenvalue weighted by molar-refractivity contribution is 9.10. The van der Waals surface area contributed by atoms with Gasteiger partial charge in [-0.3, -0.25) is 4.79 Å². The Hall–Kier alpha value is -2.60. The van der Waals surface area contributed by atoms with Crippen molar-refractivity contribution < 1.29 is 14.7 Å². The molecular weight excluding hydrogens is 456 g/mol. The molecule has 1 heterocycles. The Morgan fingerprint density at radius 3 is 2.35 bits per heavy atom. The lowest BCUT2D eigenvalue weighted by Gasteiger charge is -2.08. The van der Waals surface area contributed by atoms with Crippen molar-refractivity contribution in [3.8, 4) is 5.88 Å². The highest BCUT2D eigenvalue weighted by Crippen LogP contribution is 2.34. The molecule has 5 nitrogen and oxygen atoms in total. The summed E-state index contributed by atoms with van der Waals surface area (Å²) in [5.41, 5.74) is 1.32. The zero-order chi connectivity index (χ0) is 22.2. The number of carbonyl (C=O) groups excluding carboxylic acids is 2. The number of nitrogens with one attached hydrogen (secondary N) is 1. The van der Waals surface area contributed by atoms with Gasteiger partial charge in [-0.1, -0.05) is 79.6 Å².